The summed E-state index contributed by atoms with van der Waals surface area (Å²) in [6.07, 6.45) is 5.41. The predicted molar refractivity (Wildman–Crippen MR) is 175 cm³/mol. The van der Waals surface area contributed by atoms with Crippen LogP contribution in [0.2, 0.25) is 0 Å². The molecule has 0 saturated carbocycles. The Kier molecular flexibility index (Phi) is 43.4. The van der Waals surface area contributed by atoms with Gasteiger partial charge in [0, 0.05) is 12.8 Å². The van der Waals surface area contributed by atoms with Crippen LogP contribution in [-0.2, 0) is 0 Å². The number of alkyl halides is 5. The first-order valence-electron chi connectivity index (χ1n) is 15.9. The van der Waals surface area contributed by atoms with Gasteiger partial charge in [0.2, 0.25) is 5.92 Å². The topological polar surface area (TPSA) is 0 Å². The lowest BCUT2D eigenvalue weighted by molar-refractivity contribution is -0.137. The summed E-state index contributed by atoms with van der Waals surface area (Å²) in [5.74, 6) is 1.78. The van der Waals surface area contributed by atoms with E-state index in [1.54, 1.807) is 13.8 Å². The molecule has 0 nitrogen and oxygen atoms in total. The van der Waals surface area contributed by atoms with Crippen molar-refractivity contribution in [1.82, 2.24) is 0 Å². The second-order valence-electron chi connectivity index (χ2n) is 13.6. The third-order valence-corrected chi connectivity index (χ3v) is 5.35. The number of hydrogen-bond donors (Lipinski definition) is 0. The van der Waals surface area contributed by atoms with Gasteiger partial charge < -0.3 is 0 Å². The van der Waals surface area contributed by atoms with Crippen molar-refractivity contribution in [3.05, 3.63) is 0 Å². The zero-order valence-corrected chi connectivity index (χ0v) is 29.1. The maximum Gasteiger partial charge on any atom is 0.389 e. The van der Waals surface area contributed by atoms with Gasteiger partial charge in [0.1, 0.15) is 0 Å². The summed E-state index contributed by atoms with van der Waals surface area (Å²) in [6.45, 7) is 31.2. The van der Waals surface area contributed by atoms with Crippen LogP contribution in [0.4, 0.5) is 22.0 Å². The molecule has 0 aromatic carbocycles. The first-order valence-corrected chi connectivity index (χ1v) is 15.9. The van der Waals surface area contributed by atoms with Gasteiger partial charge in [-0.15, -0.1) is 0 Å². The van der Waals surface area contributed by atoms with Crippen LogP contribution >= 0.6 is 0 Å². The fourth-order valence-electron chi connectivity index (χ4n) is 3.41. The van der Waals surface area contributed by atoms with Gasteiger partial charge in [0.15, 0.2) is 0 Å². The molecule has 5 heteroatoms. The van der Waals surface area contributed by atoms with Crippen LogP contribution in [0.15, 0.2) is 0 Å². The summed E-state index contributed by atoms with van der Waals surface area (Å²) < 4.78 is 58.6. The molecule has 0 aromatic heterocycles. The fraction of sp³-hybridized carbons (Fsp3) is 1.00. The highest BCUT2D eigenvalue weighted by Crippen LogP contribution is 2.23. The second-order valence-corrected chi connectivity index (χ2v) is 13.6. The maximum absolute atomic E-state index is 12.2. The highest BCUT2D eigenvalue weighted by Gasteiger charge is 2.26. The molecule has 0 aliphatic rings. The molecule has 0 spiro atoms. The van der Waals surface area contributed by atoms with E-state index in [0.29, 0.717) is 12.3 Å². The van der Waals surface area contributed by atoms with E-state index in [-0.39, 0.29) is 26.2 Å². The van der Waals surface area contributed by atoms with Crippen LogP contribution in [0.5, 0.6) is 0 Å². The third kappa shape index (κ3) is 90.4. The fourth-order valence-corrected chi connectivity index (χ4v) is 3.41. The molecule has 0 aliphatic carbocycles. The molecule has 0 saturated heterocycles. The van der Waals surface area contributed by atoms with Crippen LogP contribution in [0.1, 0.15) is 182 Å². The largest absolute Gasteiger partial charge is 0.389 e. The molecule has 0 aromatic rings. The van der Waals surface area contributed by atoms with E-state index < -0.39 is 18.5 Å². The molecule has 0 radical (unpaired) electrons. The molecular weight excluding hydrogens is 515 g/mol. The molecule has 0 N–H and O–H groups in total. The Labute approximate surface area is 251 Å². The van der Waals surface area contributed by atoms with Gasteiger partial charge in [-0.25, -0.2) is 8.78 Å². The summed E-state index contributed by atoms with van der Waals surface area (Å²) in [5, 5.41) is 0. The minimum absolute atomic E-state index is 0. The summed E-state index contributed by atoms with van der Waals surface area (Å²) >= 11 is 0. The van der Waals surface area contributed by atoms with Crippen molar-refractivity contribution >= 4 is 0 Å². The van der Waals surface area contributed by atoms with Gasteiger partial charge in [-0.05, 0) is 61.7 Å². The molecule has 40 heavy (non-hydrogen) atoms. The smallest absolute Gasteiger partial charge is 0.207 e. The molecule has 0 atom stereocenters. The van der Waals surface area contributed by atoms with Gasteiger partial charge in [0.05, 0.1) is 0 Å². The van der Waals surface area contributed by atoms with Crippen molar-refractivity contribution in [2.24, 2.45) is 35.5 Å². The Morgan fingerprint density at radius 1 is 0.450 bits per heavy atom. The lowest BCUT2D eigenvalue weighted by Gasteiger charge is -2.10. The zero-order chi connectivity index (χ0) is 32.2. The van der Waals surface area contributed by atoms with Crippen molar-refractivity contribution < 1.29 is 22.0 Å². The van der Waals surface area contributed by atoms with E-state index in [9.17, 15) is 22.0 Å². The lowest BCUT2D eigenvalue weighted by Crippen LogP contribution is -2.09. The molecule has 0 fully saturated rings. The van der Waals surface area contributed by atoms with Gasteiger partial charge >= 0.3 is 6.18 Å². The lowest BCUT2D eigenvalue weighted by atomic mass is 10.0. The van der Waals surface area contributed by atoms with Crippen LogP contribution in [-0.4, -0.2) is 12.1 Å². The Balaban J connectivity index is -0.0000000908. The van der Waals surface area contributed by atoms with Gasteiger partial charge in [-0.2, -0.15) is 13.2 Å². The predicted octanol–water partition coefficient (Wildman–Crippen LogP) is 15.1. The molecule has 0 unspecified atom stereocenters. The summed E-state index contributed by atoms with van der Waals surface area (Å²) in [5.41, 5.74) is 0. The number of halogens is 5. The van der Waals surface area contributed by atoms with Crippen molar-refractivity contribution in [1.29, 1.82) is 0 Å². The monoisotopic (exact) mass is 593 g/mol. The molecule has 252 valence electrons. The van der Waals surface area contributed by atoms with Crippen molar-refractivity contribution in [3.8, 4) is 0 Å². The van der Waals surface area contributed by atoms with E-state index in [4.69, 9.17) is 0 Å². The van der Waals surface area contributed by atoms with E-state index in [1.165, 1.54) is 38.5 Å². The number of unbranched alkanes of at least 4 members (excludes halogenated alkanes) is 1. The van der Waals surface area contributed by atoms with Crippen molar-refractivity contribution in [3.63, 3.8) is 0 Å². The molecule has 0 heterocycles. The molecule has 0 aliphatic heterocycles. The van der Waals surface area contributed by atoms with E-state index in [2.05, 4.69) is 69.2 Å². The minimum Gasteiger partial charge on any atom is -0.207 e. The van der Waals surface area contributed by atoms with Gasteiger partial charge in [0.25, 0.3) is 0 Å². The molecule has 0 amide bonds. The SMILES string of the molecule is C.CC(C)CC(C)C.CC(C)CCC(F)(F)F.CC(C)CCCC(C)(F)F.CCCC(C)C.CCCCC(C)C. The van der Waals surface area contributed by atoms with Crippen LogP contribution < -0.4 is 0 Å². The zero-order valence-electron chi connectivity index (χ0n) is 29.1. The minimum atomic E-state index is -3.97. The van der Waals surface area contributed by atoms with Crippen molar-refractivity contribution in [2.75, 3.05) is 0 Å². The molecule has 0 bridgehead atoms. The second kappa shape index (κ2) is 33.2. The summed E-state index contributed by atoms with van der Waals surface area (Å²) in [7, 11) is 0. The van der Waals surface area contributed by atoms with Crippen molar-refractivity contribution in [2.45, 2.75) is 194 Å². The highest BCUT2D eigenvalue weighted by atomic mass is 19.4. The Hall–Kier alpha value is -0.350. The summed E-state index contributed by atoms with van der Waals surface area (Å²) in [6, 6.07) is 0. The molecular formula is C35H77F5. The Morgan fingerprint density at radius 3 is 0.925 bits per heavy atom. The van der Waals surface area contributed by atoms with Gasteiger partial charge in [-0.1, -0.05) is 143 Å². The third-order valence-electron chi connectivity index (χ3n) is 5.35. The summed E-state index contributed by atoms with van der Waals surface area (Å²) in [4.78, 5) is 0. The van der Waals surface area contributed by atoms with Gasteiger partial charge in [-0.3, -0.25) is 0 Å². The Morgan fingerprint density at radius 2 is 0.800 bits per heavy atom. The standard InChI is InChI=1S/C8H16F2.2C7H16.C6H11F3.C6H14.CH4/c1-7(2)5-4-6-8(3,9)10;1-6(2)5-7(3)4;1-4-5-6-7(2)3;1-5(2)3-4-6(7,8)9;1-4-5-6(2)3;/h7H,4-6H2,1-3H3;6-7H,5H2,1-4H3;7H,4-6H2,1-3H3;5H,3-4H2,1-2H3;6H,4-5H2,1-3H3;1H4. The molecule has 0 rings (SSSR count). The quantitative estimate of drug-likeness (QED) is 0.187. The Bertz CT molecular complexity index is 424. The van der Waals surface area contributed by atoms with E-state index in [0.717, 1.165) is 37.0 Å². The average Bonchev–Trinajstić information content (AvgIpc) is 2.70. The number of hydrogen-bond acceptors (Lipinski definition) is 0. The van der Waals surface area contributed by atoms with E-state index >= 15 is 0 Å². The first kappa shape index (κ1) is 52.3. The maximum atomic E-state index is 12.2. The normalized spacial score (nSPS) is 11.2. The van der Waals surface area contributed by atoms with Crippen LogP contribution in [0.3, 0.4) is 0 Å². The van der Waals surface area contributed by atoms with Crippen LogP contribution in [0, 0.1) is 35.5 Å². The average molecular weight is 593 g/mol. The highest BCUT2D eigenvalue weighted by molar-refractivity contribution is 4.58. The van der Waals surface area contributed by atoms with E-state index in [1.807, 2.05) is 13.8 Å². The number of rotatable bonds is 13. The first-order chi connectivity index (χ1) is 17.5. The van der Waals surface area contributed by atoms with Crippen LogP contribution in [0.25, 0.3) is 0 Å².